The minimum absolute atomic E-state index is 0.0286. The van der Waals surface area contributed by atoms with Crippen molar-refractivity contribution in [2.75, 3.05) is 19.0 Å². The van der Waals surface area contributed by atoms with E-state index in [1.165, 1.54) is 42.6 Å². The Morgan fingerprint density at radius 3 is 2.70 bits per heavy atom. The molecule has 0 atom stereocenters. The van der Waals surface area contributed by atoms with Gasteiger partial charge in [0, 0.05) is 67.0 Å². The molecule has 1 saturated carbocycles. The van der Waals surface area contributed by atoms with Crippen LogP contribution in [0.3, 0.4) is 0 Å². The number of aryl methyl sites for hydroxylation is 2. The summed E-state index contributed by atoms with van der Waals surface area (Å²) in [5.74, 6) is -0.0599. The summed E-state index contributed by atoms with van der Waals surface area (Å²) in [6, 6.07) is 14.4. The molecule has 0 bridgehead atoms. The first-order chi connectivity index (χ1) is 24.1. The van der Waals surface area contributed by atoms with Crippen molar-refractivity contribution in [2.24, 2.45) is 0 Å². The third-order valence-electron chi connectivity index (χ3n) is 9.77. The Hall–Kier alpha value is -5.25. The monoisotopic (exact) mass is 680 g/mol. The number of fused-ring (bicyclic) bond motifs is 4. The second-order valence-electron chi connectivity index (χ2n) is 12.8. The van der Waals surface area contributed by atoms with Gasteiger partial charge in [0.15, 0.2) is 5.78 Å². The predicted octanol–water partition coefficient (Wildman–Crippen LogP) is 7.29. The number of halogens is 3. The number of hydrogen-bond donors (Lipinski definition) is 3. The molecule has 50 heavy (non-hydrogen) atoms. The maximum Gasteiger partial charge on any atom is 0.417 e. The van der Waals surface area contributed by atoms with E-state index >= 15 is 0 Å². The molecule has 256 valence electrons. The second-order valence-corrected chi connectivity index (χ2v) is 12.8. The van der Waals surface area contributed by atoms with Crippen LogP contribution in [-0.2, 0) is 28.7 Å². The number of methoxy groups -OCH3 is 1. The molecule has 3 heterocycles. The molecule has 9 nitrogen and oxygen atoms in total. The number of aromatic amines is 1. The van der Waals surface area contributed by atoms with Crippen LogP contribution in [0.2, 0.25) is 0 Å². The van der Waals surface area contributed by atoms with E-state index in [9.17, 15) is 28.0 Å². The minimum atomic E-state index is -4.62. The van der Waals surface area contributed by atoms with Gasteiger partial charge in [-0.1, -0.05) is 24.3 Å². The molecule has 3 aromatic carbocycles. The van der Waals surface area contributed by atoms with Gasteiger partial charge < -0.3 is 24.9 Å². The van der Waals surface area contributed by atoms with E-state index < -0.39 is 23.4 Å². The number of H-pyrrole nitrogens is 1. The lowest BCUT2D eigenvalue weighted by Gasteiger charge is -2.27. The van der Waals surface area contributed by atoms with E-state index in [0.29, 0.717) is 52.7 Å². The molecule has 2 aliphatic rings. The molecular weight excluding hydrogens is 645 g/mol. The van der Waals surface area contributed by atoms with E-state index in [0.717, 1.165) is 44.3 Å². The Morgan fingerprint density at radius 2 is 1.94 bits per heavy atom. The van der Waals surface area contributed by atoms with Gasteiger partial charge in [-0.15, -0.1) is 0 Å². The quantitative estimate of drug-likeness (QED) is 0.111. The van der Waals surface area contributed by atoms with Gasteiger partial charge in [0.05, 0.1) is 39.5 Å². The summed E-state index contributed by atoms with van der Waals surface area (Å²) in [4.78, 5) is 34.0. The molecule has 1 aliphatic carbocycles. The fourth-order valence-corrected chi connectivity index (χ4v) is 7.20. The highest BCUT2D eigenvalue weighted by Crippen LogP contribution is 2.42. The van der Waals surface area contributed by atoms with Gasteiger partial charge in [-0.2, -0.15) is 18.4 Å². The highest BCUT2D eigenvalue weighted by molar-refractivity contribution is 6.18. The van der Waals surface area contributed by atoms with Gasteiger partial charge in [0.1, 0.15) is 11.9 Å². The van der Waals surface area contributed by atoms with Crippen LogP contribution in [0, 0.1) is 11.3 Å². The van der Waals surface area contributed by atoms with E-state index in [4.69, 9.17) is 4.74 Å². The number of aromatic nitrogens is 3. The number of carbonyl (C=O) groups is 2. The number of hydrogen-bond acceptors (Lipinski definition) is 6. The lowest BCUT2D eigenvalue weighted by Crippen LogP contribution is -2.35. The van der Waals surface area contributed by atoms with Crippen LogP contribution in [0.1, 0.15) is 65.0 Å². The van der Waals surface area contributed by atoms with E-state index in [1.54, 1.807) is 31.4 Å². The van der Waals surface area contributed by atoms with Crippen molar-refractivity contribution >= 4 is 39.3 Å². The Bertz CT molecular complexity index is 2180. The van der Waals surface area contributed by atoms with Crippen molar-refractivity contribution < 1.29 is 27.5 Å². The second kappa shape index (κ2) is 13.6. The zero-order valence-corrected chi connectivity index (χ0v) is 27.4. The average molecular weight is 681 g/mol. The zero-order chi connectivity index (χ0) is 35.0. The number of rotatable bonds is 9. The fraction of sp³-hybridized carbons (Fsp3) is 0.316. The smallest absolute Gasteiger partial charge is 0.381 e. The van der Waals surface area contributed by atoms with Gasteiger partial charge in [0.2, 0.25) is 5.91 Å². The van der Waals surface area contributed by atoms with E-state index in [1.807, 2.05) is 10.6 Å². The molecule has 3 N–H and O–H groups in total. The van der Waals surface area contributed by atoms with Crippen LogP contribution in [0.5, 0.6) is 0 Å². The van der Waals surface area contributed by atoms with Gasteiger partial charge in [-0.3, -0.25) is 9.59 Å². The minimum Gasteiger partial charge on any atom is -0.381 e. The topological polar surface area (TPSA) is 125 Å². The van der Waals surface area contributed by atoms with Gasteiger partial charge >= 0.3 is 6.18 Å². The fourth-order valence-electron chi connectivity index (χ4n) is 7.20. The van der Waals surface area contributed by atoms with Gasteiger partial charge in [0.25, 0.3) is 0 Å². The lowest BCUT2D eigenvalue weighted by atomic mass is 9.93. The summed E-state index contributed by atoms with van der Waals surface area (Å²) in [5, 5.41) is 16.4. The van der Waals surface area contributed by atoms with Gasteiger partial charge in [-0.05, 0) is 68.0 Å². The summed E-state index contributed by atoms with van der Waals surface area (Å²) < 4.78 is 50.7. The van der Waals surface area contributed by atoms with Crippen molar-refractivity contribution in [3.8, 4) is 17.2 Å². The van der Waals surface area contributed by atoms with E-state index in [2.05, 4.69) is 20.6 Å². The number of amides is 1. The van der Waals surface area contributed by atoms with Crippen LogP contribution in [0.25, 0.3) is 33.1 Å². The molecular formula is C38H35F3N6O3. The van der Waals surface area contributed by atoms with Crippen LogP contribution < -0.4 is 10.6 Å². The molecule has 7 rings (SSSR count). The first kappa shape index (κ1) is 33.3. The number of imidazole rings is 1. The number of anilines is 1. The third kappa shape index (κ3) is 6.42. The molecule has 0 saturated heterocycles. The normalized spacial score (nSPS) is 17.7. The number of nitriles is 1. The number of para-hydroxylation sites is 1. The molecule has 12 heteroatoms. The summed E-state index contributed by atoms with van der Waals surface area (Å²) >= 11 is 0. The molecule has 0 spiro atoms. The Balaban J connectivity index is 1.10. The number of alkyl halides is 3. The maximum absolute atomic E-state index is 14.5. The Morgan fingerprint density at radius 1 is 1.12 bits per heavy atom. The molecule has 1 fully saturated rings. The number of nitrogens with one attached hydrogen (secondary N) is 3. The molecule has 5 aromatic rings. The number of carbonyl (C=O) groups excluding carboxylic acids is 2. The summed E-state index contributed by atoms with van der Waals surface area (Å²) in [5.41, 5.74) is 1.60. The average Bonchev–Trinajstić information content (AvgIpc) is 3.84. The van der Waals surface area contributed by atoms with Crippen LogP contribution in [0.4, 0.5) is 18.9 Å². The standard InChI is InChI=1S/C38H35F3N6O3/c1-50-25-12-10-24(11-13-25)43-15-3-8-35(48)46-31-14-9-22(17-23(31)20-42)37(49)29-21-44-36-26(5-2-6-27(29)36)28-18-32-33(19-30(28)38(39,40)41)47-16-4-7-34(47)45-32/h2-3,5-6,8-9,14,17-19,21,24-25,43-44H,4,7,10-13,15-16H2,1H3,(H,46,48)/b8-3+. The summed E-state index contributed by atoms with van der Waals surface area (Å²) in [7, 11) is 1.73. The van der Waals surface area contributed by atoms with Crippen LogP contribution >= 0.6 is 0 Å². The Kier molecular flexibility index (Phi) is 9.03. The van der Waals surface area contributed by atoms with Crippen molar-refractivity contribution in [2.45, 2.75) is 63.4 Å². The molecule has 0 radical (unpaired) electrons. The predicted molar refractivity (Wildman–Crippen MR) is 184 cm³/mol. The lowest BCUT2D eigenvalue weighted by molar-refractivity contribution is -0.137. The third-order valence-corrected chi connectivity index (χ3v) is 9.77. The molecule has 0 unspecified atom stereocenters. The number of nitrogens with zero attached hydrogens (tertiary/aromatic N) is 3. The largest absolute Gasteiger partial charge is 0.417 e. The van der Waals surface area contributed by atoms with Crippen LogP contribution in [-0.4, -0.2) is 52.0 Å². The first-order valence-corrected chi connectivity index (χ1v) is 16.7. The Labute approximate surface area is 286 Å². The SMILES string of the molecule is COC1CCC(NC/C=C/C(=O)Nc2ccc(C(=O)c3c[nH]c4c(-c5cc6nc7n(c6cc5C(F)(F)F)CCC7)cccc34)cc2C#N)CC1. The highest BCUT2D eigenvalue weighted by Gasteiger charge is 2.36. The van der Waals surface area contributed by atoms with Crippen LogP contribution in [0.15, 0.2) is 66.9 Å². The molecule has 1 amide bonds. The number of ether oxygens (including phenoxy) is 1. The summed E-state index contributed by atoms with van der Waals surface area (Å²) in [6.07, 6.45) is 5.88. The van der Waals surface area contributed by atoms with Gasteiger partial charge in [-0.25, -0.2) is 4.98 Å². The maximum atomic E-state index is 14.5. The highest BCUT2D eigenvalue weighted by atomic mass is 19.4. The van der Waals surface area contributed by atoms with Crippen molar-refractivity contribution in [1.29, 1.82) is 5.26 Å². The van der Waals surface area contributed by atoms with E-state index in [-0.39, 0.29) is 27.9 Å². The molecule has 2 aromatic heterocycles. The van der Waals surface area contributed by atoms with Crippen molar-refractivity contribution in [3.05, 3.63) is 95.0 Å². The number of benzene rings is 3. The molecule has 1 aliphatic heterocycles. The first-order valence-electron chi connectivity index (χ1n) is 16.7. The van der Waals surface area contributed by atoms with Crippen molar-refractivity contribution in [3.63, 3.8) is 0 Å². The zero-order valence-electron chi connectivity index (χ0n) is 27.4. The van der Waals surface area contributed by atoms with Crippen molar-refractivity contribution in [1.82, 2.24) is 19.9 Å². The number of ketones is 1. The summed E-state index contributed by atoms with van der Waals surface area (Å²) in [6.45, 7) is 1.16.